The number of nitrogens with one attached hydrogen (secondary N) is 1. The summed E-state index contributed by atoms with van der Waals surface area (Å²) in [5.74, 6) is 1.38. The number of carbonyl (C=O) groups is 1. The van der Waals surface area contributed by atoms with Crippen molar-refractivity contribution in [3.63, 3.8) is 0 Å². The topological polar surface area (TPSA) is 92.0 Å². The molecule has 0 atom stereocenters. The van der Waals surface area contributed by atoms with Crippen molar-refractivity contribution in [1.82, 2.24) is 19.5 Å². The minimum Gasteiger partial charge on any atom is -0.496 e. The number of anilines is 1. The molecule has 0 radical (unpaired) electrons. The lowest BCUT2D eigenvalue weighted by Gasteiger charge is -2.13. The Morgan fingerprint density at radius 3 is 2.88 bits per heavy atom. The Morgan fingerprint density at radius 2 is 2.12 bits per heavy atom. The van der Waals surface area contributed by atoms with Gasteiger partial charge in [-0.05, 0) is 24.3 Å². The molecule has 0 fully saturated rings. The second kappa shape index (κ2) is 7.08. The van der Waals surface area contributed by atoms with E-state index in [9.17, 15) is 4.79 Å². The third kappa shape index (κ3) is 3.47. The number of aromatic nitrogens is 3. The van der Waals surface area contributed by atoms with E-state index in [1.807, 2.05) is 36.4 Å². The summed E-state index contributed by atoms with van der Waals surface area (Å²) in [4.78, 5) is 16.4. The predicted octanol–water partition coefficient (Wildman–Crippen LogP) is 2.43. The van der Waals surface area contributed by atoms with Gasteiger partial charge in [0.05, 0.1) is 19.0 Å². The molecule has 130 valence electrons. The van der Waals surface area contributed by atoms with Crippen LogP contribution in [0.1, 0.15) is 0 Å². The van der Waals surface area contributed by atoms with E-state index in [1.54, 1.807) is 17.8 Å². The van der Waals surface area contributed by atoms with Crippen molar-refractivity contribution < 1.29 is 14.6 Å². The fourth-order valence-electron chi connectivity index (χ4n) is 2.45. The smallest absolute Gasteiger partial charge is 0.407 e. The van der Waals surface area contributed by atoms with Crippen LogP contribution in [0.15, 0.2) is 42.6 Å². The van der Waals surface area contributed by atoms with E-state index in [0.717, 1.165) is 17.0 Å². The number of hydrogen-bond donors (Lipinski definition) is 2. The van der Waals surface area contributed by atoms with Crippen molar-refractivity contribution in [3.05, 3.63) is 42.6 Å². The van der Waals surface area contributed by atoms with E-state index < -0.39 is 6.09 Å². The molecular formula is C17H19N5O3. The number of likely N-dealkylation sites (N-methyl/N-ethyl adjacent to an activating group) is 1. The summed E-state index contributed by atoms with van der Waals surface area (Å²) in [6, 6.07) is 11.3. The van der Waals surface area contributed by atoms with E-state index in [-0.39, 0.29) is 0 Å². The van der Waals surface area contributed by atoms with Crippen LogP contribution in [0.25, 0.3) is 16.9 Å². The number of nitrogens with zero attached hydrogens (tertiary/aromatic N) is 4. The molecule has 3 aromatic rings. The summed E-state index contributed by atoms with van der Waals surface area (Å²) in [6.07, 6.45) is 0.792. The lowest BCUT2D eigenvalue weighted by atomic mass is 10.1. The highest BCUT2D eigenvalue weighted by Gasteiger charge is 2.12. The number of rotatable bonds is 6. The van der Waals surface area contributed by atoms with Gasteiger partial charge in [-0.15, -0.1) is 5.10 Å². The predicted molar refractivity (Wildman–Crippen MR) is 94.1 cm³/mol. The highest BCUT2D eigenvalue weighted by molar-refractivity contribution is 5.69. The summed E-state index contributed by atoms with van der Waals surface area (Å²) in [7, 11) is 3.15. The van der Waals surface area contributed by atoms with Crippen LogP contribution in [0.5, 0.6) is 5.75 Å². The quantitative estimate of drug-likeness (QED) is 0.715. The molecule has 0 aliphatic heterocycles. The van der Waals surface area contributed by atoms with Crippen LogP contribution >= 0.6 is 0 Å². The molecule has 8 heteroatoms. The van der Waals surface area contributed by atoms with Crippen LogP contribution in [0.3, 0.4) is 0 Å². The van der Waals surface area contributed by atoms with Crippen LogP contribution < -0.4 is 10.1 Å². The molecule has 25 heavy (non-hydrogen) atoms. The Hall–Kier alpha value is -3.29. The number of amides is 1. The van der Waals surface area contributed by atoms with E-state index in [2.05, 4.69) is 15.4 Å². The first kappa shape index (κ1) is 16.6. The molecule has 0 bridgehead atoms. The third-order valence-electron chi connectivity index (χ3n) is 3.83. The van der Waals surface area contributed by atoms with Gasteiger partial charge >= 0.3 is 6.09 Å². The van der Waals surface area contributed by atoms with Gasteiger partial charge in [0.1, 0.15) is 11.6 Å². The van der Waals surface area contributed by atoms with Gasteiger partial charge in [-0.25, -0.2) is 14.3 Å². The Balaban J connectivity index is 1.86. The van der Waals surface area contributed by atoms with Crippen molar-refractivity contribution in [2.45, 2.75) is 0 Å². The molecule has 2 N–H and O–H groups in total. The molecule has 0 unspecified atom stereocenters. The number of benzene rings is 1. The van der Waals surface area contributed by atoms with Crippen molar-refractivity contribution in [3.8, 4) is 17.0 Å². The van der Waals surface area contributed by atoms with E-state index in [4.69, 9.17) is 9.84 Å². The van der Waals surface area contributed by atoms with Crippen molar-refractivity contribution >= 4 is 17.6 Å². The minimum atomic E-state index is -0.960. The van der Waals surface area contributed by atoms with Crippen molar-refractivity contribution in [1.29, 1.82) is 0 Å². The second-order valence-electron chi connectivity index (χ2n) is 5.46. The lowest BCUT2D eigenvalue weighted by Crippen LogP contribution is -2.30. The van der Waals surface area contributed by atoms with Crippen LogP contribution in [0.2, 0.25) is 0 Å². The fraction of sp³-hybridized carbons (Fsp3) is 0.235. The molecule has 3 rings (SSSR count). The monoisotopic (exact) mass is 341 g/mol. The molecule has 0 aliphatic carbocycles. The normalized spacial score (nSPS) is 10.6. The molecule has 0 spiro atoms. The van der Waals surface area contributed by atoms with E-state index in [0.29, 0.717) is 24.6 Å². The highest BCUT2D eigenvalue weighted by atomic mass is 16.5. The zero-order valence-electron chi connectivity index (χ0n) is 14.0. The summed E-state index contributed by atoms with van der Waals surface area (Å²) in [5.41, 5.74) is 2.43. The number of imidazole rings is 1. The standard InChI is InChI=1S/C17H19N5O3/c1-21(17(23)24)10-9-18-15-7-8-16-19-11-13(22(16)20-15)12-5-3-4-6-14(12)25-2/h3-8,11H,9-10H2,1-2H3,(H,18,20)(H,23,24). The van der Waals surface area contributed by atoms with Crippen LogP contribution in [-0.4, -0.2) is 57.9 Å². The number of para-hydroxylation sites is 1. The van der Waals surface area contributed by atoms with Gasteiger partial charge in [0, 0.05) is 25.7 Å². The number of fused-ring (bicyclic) bond motifs is 1. The molecular weight excluding hydrogens is 322 g/mol. The summed E-state index contributed by atoms with van der Waals surface area (Å²) >= 11 is 0. The number of methoxy groups -OCH3 is 1. The zero-order valence-corrected chi connectivity index (χ0v) is 14.0. The maximum atomic E-state index is 10.8. The van der Waals surface area contributed by atoms with Gasteiger partial charge in [-0.1, -0.05) is 12.1 Å². The first-order valence-corrected chi connectivity index (χ1v) is 7.76. The van der Waals surface area contributed by atoms with Crippen LogP contribution in [-0.2, 0) is 0 Å². The molecule has 0 aliphatic rings. The fourth-order valence-corrected chi connectivity index (χ4v) is 2.45. The van der Waals surface area contributed by atoms with Crippen molar-refractivity contribution in [2.24, 2.45) is 0 Å². The van der Waals surface area contributed by atoms with Gasteiger partial charge in [0.25, 0.3) is 0 Å². The van der Waals surface area contributed by atoms with E-state index in [1.165, 1.54) is 11.9 Å². The third-order valence-corrected chi connectivity index (χ3v) is 3.83. The van der Waals surface area contributed by atoms with Gasteiger partial charge < -0.3 is 20.1 Å². The Kier molecular flexibility index (Phi) is 4.69. The maximum absolute atomic E-state index is 10.8. The SMILES string of the molecule is COc1ccccc1-c1cnc2ccc(NCCN(C)C(=O)O)nn12. The van der Waals surface area contributed by atoms with E-state index >= 15 is 0 Å². The molecule has 1 amide bonds. The highest BCUT2D eigenvalue weighted by Crippen LogP contribution is 2.29. The van der Waals surface area contributed by atoms with Gasteiger partial charge in [0.15, 0.2) is 5.65 Å². The first-order valence-electron chi connectivity index (χ1n) is 7.76. The summed E-state index contributed by atoms with van der Waals surface area (Å²) in [6.45, 7) is 0.818. The second-order valence-corrected chi connectivity index (χ2v) is 5.46. The number of hydrogen-bond acceptors (Lipinski definition) is 5. The largest absolute Gasteiger partial charge is 0.496 e. The van der Waals surface area contributed by atoms with Crippen LogP contribution in [0, 0.1) is 0 Å². The molecule has 2 aromatic heterocycles. The number of ether oxygens (including phenoxy) is 1. The summed E-state index contributed by atoms with van der Waals surface area (Å²) < 4.78 is 7.15. The van der Waals surface area contributed by atoms with Crippen LogP contribution in [0.4, 0.5) is 10.6 Å². The Labute approximate surface area is 144 Å². The molecule has 0 saturated carbocycles. The van der Waals surface area contributed by atoms with Gasteiger partial charge in [-0.2, -0.15) is 0 Å². The van der Waals surface area contributed by atoms with Crippen molar-refractivity contribution in [2.75, 3.05) is 32.6 Å². The number of carboxylic acid groups (broad SMARTS) is 1. The average molecular weight is 341 g/mol. The lowest BCUT2D eigenvalue weighted by molar-refractivity contribution is 0.157. The Bertz CT molecular complexity index is 893. The molecule has 2 heterocycles. The van der Waals surface area contributed by atoms with Gasteiger partial charge in [0.2, 0.25) is 0 Å². The molecule has 0 saturated heterocycles. The molecule has 1 aromatic carbocycles. The average Bonchev–Trinajstić information content (AvgIpc) is 3.04. The Morgan fingerprint density at radius 1 is 1.32 bits per heavy atom. The molecule has 8 nitrogen and oxygen atoms in total. The first-order chi connectivity index (χ1) is 12.1. The summed E-state index contributed by atoms with van der Waals surface area (Å²) in [5, 5.41) is 16.5. The zero-order chi connectivity index (χ0) is 17.8. The minimum absolute atomic E-state index is 0.359. The van der Waals surface area contributed by atoms with Gasteiger partial charge in [-0.3, -0.25) is 0 Å². The maximum Gasteiger partial charge on any atom is 0.407 e.